The van der Waals surface area contributed by atoms with Crippen molar-refractivity contribution in [3.05, 3.63) is 29.8 Å². The Morgan fingerprint density at radius 1 is 0.828 bits per heavy atom. The van der Waals surface area contributed by atoms with E-state index in [1.165, 1.54) is 69.9 Å². The molecule has 0 bridgehead atoms. The topological polar surface area (TPSA) is 9.23 Å². The van der Waals surface area contributed by atoms with E-state index in [4.69, 9.17) is 0 Å². The third-order valence-corrected chi connectivity index (χ3v) is 7.22. The zero-order valence-corrected chi connectivity index (χ0v) is 17.4. The van der Waals surface area contributed by atoms with Crippen molar-refractivity contribution < 1.29 is 22.3 Å². The molecule has 3 rings (SSSR count). The van der Waals surface area contributed by atoms with Crippen molar-refractivity contribution >= 4 is 0 Å². The van der Waals surface area contributed by atoms with Gasteiger partial charge in [-0.2, -0.15) is 17.6 Å². The summed E-state index contributed by atoms with van der Waals surface area (Å²) in [5.41, 5.74) is 1.12. The normalized spacial score (nSPS) is 29.4. The van der Waals surface area contributed by atoms with Crippen molar-refractivity contribution in [3.63, 3.8) is 0 Å². The number of halogens is 4. The highest BCUT2D eigenvalue weighted by molar-refractivity contribution is 5.29. The standard InChI is InChI=1S/C24H34F4O/c1-2-17-3-5-18(6-4-17)7-8-19-9-11-20(12-10-19)21-13-15-22(16-14-21)29-23(25)24(26,27)28/h13-20,23H,2-12H2,1H3. The van der Waals surface area contributed by atoms with E-state index >= 15 is 0 Å². The van der Waals surface area contributed by atoms with E-state index in [1.807, 2.05) is 0 Å². The third-order valence-electron chi connectivity index (χ3n) is 7.22. The molecule has 2 fully saturated rings. The van der Waals surface area contributed by atoms with Crippen molar-refractivity contribution in [2.45, 2.75) is 96.0 Å². The number of rotatable bonds is 7. The third kappa shape index (κ3) is 6.62. The zero-order valence-electron chi connectivity index (χ0n) is 17.4. The molecule has 2 saturated carbocycles. The van der Waals surface area contributed by atoms with Gasteiger partial charge < -0.3 is 4.74 Å². The van der Waals surface area contributed by atoms with Crippen LogP contribution in [0.1, 0.15) is 89.0 Å². The second-order valence-corrected chi connectivity index (χ2v) is 9.13. The van der Waals surface area contributed by atoms with Crippen molar-refractivity contribution in [1.82, 2.24) is 0 Å². The van der Waals surface area contributed by atoms with Crippen LogP contribution in [0.15, 0.2) is 24.3 Å². The molecule has 5 heteroatoms. The Balaban J connectivity index is 1.39. The molecule has 1 nitrogen and oxygen atoms in total. The van der Waals surface area contributed by atoms with E-state index in [-0.39, 0.29) is 5.75 Å². The van der Waals surface area contributed by atoms with Gasteiger partial charge in [0.1, 0.15) is 5.75 Å². The van der Waals surface area contributed by atoms with Gasteiger partial charge in [-0.25, -0.2) is 0 Å². The summed E-state index contributed by atoms with van der Waals surface area (Å²) in [5, 5.41) is 0. The van der Waals surface area contributed by atoms with Crippen molar-refractivity contribution in [2.24, 2.45) is 17.8 Å². The molecule has 1 unspecified atom stereocenters. The van der Waals surface area contributed by atoms with E-state index in [0.29, 0.717) is 5.92 Å². The first-order chi connectivity index (χ1) is 13.8. The smallest absolute Gasteiger partial charge is 0.452 e. The average Bonchev–Trinajstić information content (AvgIpc) is 2.73. The van der Waals surface area contributed by atoms with Crippen LogP contribution in [0.25, 0.3) is 0 Å². The lowest BCUT2D eigenvalue weighted by atomic mass is 9.74. The first-order valence-corrected chi connectivity index (χ1v) is 11.3. The molecule has 1 aromatic carbocycles. The number of hydrogen-bond donors (Lipinski definition) is 0. The maximum atomic E-state index is 13.0. The van der Waals surface area contributed by atoms with E-state index in [0.717, 1.165) is 36.2 Å². The zero-order chi connectivity index (χ0) is 20.9. The van der Waals surface area contributed by atoms with Crippen LogP contribution in [0.5, 0.6) is 5.75 Å². The Kier molecular flexibility index (Phi) is 7.86. The summed E-state index contributed by atoms with van der Waals surface area (Å²) in [6, 6.07) is 6.48. The highest BCUT2D eigenvalue weighted by Gasteiger charge is 2.42. The molecule has 1 atom stereocenters. The summed E-state index contributed by atoms with van der Waals surface area (Å²) in [6.07, 6.45) is 6.16. The van der Waals surface area contributed by atoms with Crippen LogP contribution in [0.2, 0.25) is 0 Å². The molecule has 0 aliphatic heterocycles. The van der Waals surface area contributed by atoms with Gasteiger partial charge in [0.2, 0.25) is 0 Å². The molecular weight excluding hydrogens is 380 g/mol. The highest BCUT2D eigenvalue weighted by Crippen LogP contribution is 2.40. The maximum absolute atomic E-state index is 13.0. The molecular formula is C24H34F4O. The molecule has 164 valence electrons. The molecule has 0 saturated heterocycles. The SMILES string of the molecule is CCC1CCC(CCC2CCC(c3ccc(OC(F)C(F)(F)F)cc3)CC2)CC1. The highest BCUT2D eigenvalue weighted by atomic mass is 19.4. The van der Waals surface area contributed by atoms with Gasteiger partial charge in [0.05, 0.1) is 0 Å². The summed E-state index contributed by atoms with van der Waals surface area (Å²) < 4.78 is 54.1. The fourth-order valence-electron chi connectivity index (χ4n) is 5.19. The lowest BCUT2D eigenvalue weighted by Crippen LogP contribution is -2.29. The summed E-state index contributed by atoms with van der Waals surface area (Å²) in [6.45, 7) is 2.31. The Labute approximate surface area is 172 Å². The predicted octanol–water partition coefficient (Wildman–Crippen LogP) is 8.19. The minimum atomic E-state index is -4.99. The molecule has 0 amide bonds. The molecule has 0 spiro atoms. The number of alkyl halides is 4. The van der Waals surface area contributed by atoms with E-state index in [2.05, 4.69) is 11.7 Å². The van der Waals surface area contributed by atoms with Crippen LogP contribution in [0.4, 0.5) is 17.6 Å². The summed E-state index contributed by atoms with van der Waals surface area (Å²) in [4.78, 5) is 0. The van der Waals surface area contributed by atoms with Crippen LogP contribution in [0.3, 0.4) is 0 Å². The van der Waals surface area contributed by atoms with Crippen LogP contribution in [-0.2, 0) is 0 Å². The average molecular weight is 415 g/mol. The van der Waals surface area contributed by atoms with Gasteiger partial charge in [0.25, 0.3) is 0 Å². The van der Waals surface area contributed by atoms with Crippen LogP contribution in [-0.4, -0.2) is 12.5 Å². The lowest BCUT2D eigenvalue weighted by Gasteiger charge is -2.32. The Morgan fingerprint density at radius 3 is 1.79 bits per heavy atom. The van der Waals surface area contributed by atoms with Gasteiger partial charge in [-0.1, -0.05) is 64.0 Å². The van der Waals surface area contributed by atoms with Gasteiger partial charge in [-0.05, 0) is 67.1 Å². The second-order valence-electron chi connectivity index (χ2n) is 9.13. The summed E-state index contributed by atoms with van der Waals surface area (Å²) in [5.74, 6) is 3.08. The Morgan fingerprint density at radius 2 is 1.31 bits per heavy atom. The minimum absolute atomic E-state index is 0.0787. The number of benzene rings is 1. The summed E-state index contributed by atoms with van der Waals surface area (Å²) >= 11 is 0. The van der Waals surface area contributed by atoms with Crippen molar-refractivity contribution in [2.75, 3.05) is 0 Å². The van der Waals surface area contributed by atoms with Gasteiger partial charge in [0.15, 0.2) is 0 Å². The molecule has 0 aromatic heterocycles. The first-order valence-electron chi connectivity index (χ1n) is 11.3. The molecule has 0 N–H and O–H groups in total. The van der Waals surface area contributed by atoms with Crippen LogP contribution >= 0.6 is 0 Å². The Bertz CT molecular complexity index is 596. The van der Waals surface area contributed by atoms with Gasteiger partial charge >= 0.3 is 12.5 Å². The van der Waals surface area contributed by atoms with E-state index < -0.39 is 12.5 Å². The second kappa shape index (κ2) is 10.2. The molecule has 0 heterocycles. The number of ether oxygens (including phenoxy) is 1. The van der Waals surface area contributed by atoms with Crippen molar-refractivity contribution in [3.8, 4) is 5.75 Å². The van der Waals surface area contributed by atoms with E-state index in [9.17, 15) is 17.6 Å². The van der Waals surface area contributed by atoms with Gasteiger partial charge in [-0.3, -0.25) is 0 Å². The van der Waals surface area contributed by atoms with Crippen molar-refractivity contribution in [1.29, 1.82) is 0 Å². The van der Waals surface area contributed by atoms with Crippen LogP contribution in [0, 0.1) is 17.8 Å². The Hall–Kier alpha value is -1.26. The molecule has 0 radical (unpaired) electrons. The lowest BCUT2D eigenvalue weighted by molar-refractivity contribution is -0.236. The monoisotopic (exact) mass is 414 g/mol. The summed E-state index contributed by atoms with van der Waals surface area (Å²) in [7, 11) is 0. The molecule has 1 aromatic rings. The molecule has 2 aliphatic carbocycles. The quantitative estimate of drug-likeness (QED) is 0.409. The van der Waals surface area contributed by atoms with Gasteiger partial charge in [-0.15, -0.1) is 0 Å². The fourth-order valence-corrected chi connectivity index (χ4v) is 5.19. The minimum Gasteiger partial charge on any atom is -0.452 e. The van der Waals surface area contributed by atoms with E-state index in [1.54, 1.807) is 12.1 Å². The molecule has 29 heavy (non-hydrogen) atoms. The maximum Gasteiger partial charge on any atom is 0.457 e. The molecule has 2 aliphatic rings. The largest absolute Gasteiger partial charge is 0.457 e. The fraction of sp³-hybridized carbons (Fsp3) is 0.750. The first kappa shape index (κ1) is 22.4. The predicted molar refractivity (Wildman–Crippen MR) is 108 cm³/mol. The van der Waals surface area contributed by atoms with Gasteiger partial charge in [0, 0.05) is 0 Å². The number of hydrogen-bond acceptors (Lipinski definition) is 1. The van der Waals surface area contributed by atoms with Crippen LogP contribution < -0.4 is 4.74 Å².